The van der Waals surface area contributed by atoms with Crippen LogP contribution in [0.1, 0.15) is 37.0 Å². The SMILES string of the molecule is CCC(CC)(CO)CNc1cc(C(=O)OC)ccc1Cl. The van der Waals surface area contributed by atoms with Crippen LogP contribution < -0.4 is 5.32 Å². The quantitative estimate of drug-likeness (QED) is 0.758. The minimum atomic E-state index is -0.399. The first kappa shape index (κ1) is 16.8. The number of methoxy groups -OCH3 is 1. The van der Waals surface area contributed by atoms with Crippen LogP contribution in [0.15, 0.2) is 18.2 Å². The number of aliphatic hydroxyl groups excluding tert-OH is 1. The van der Waals surface area contributed by atoms with Gasteiger partial charge in [0.25, 0.3) is 0 Å². The summed E-state index contributed by atoms with van der Waals surface area (Å²) in [5.74, 6) is -0.399. The van der Waals surface area contributed by atoms with Crippen molar-refractivity contribution < 1.29 is 14.6 Å². The van der Waals surface area contributed by atoms with E-state index in [1.807, 2.05) is 13.8 Å². The van der Waals surface area contributed by atoms with Crippen LogP contribution in [0.3, 0.4) is 0 Å². The van der Waals surface area contributed by atoms with Crippen LogP contribution in [0.5, 0.6) is 0 Å². The van der Waals surface area contributed by atoms with Gasteiger partial charge in [-0.15, -0.1) is 0 Å². The molecule has 0 radical (unpaired) electrons. The highest BCUT2D eigenvalue weighted by Gasteiger charge is 2.25. The Hall–Kier alpha value is -1.26. The lowest BCUT2D eigenvalue weighted by atomic mass is 9.83. The van der Waals surface area contributed by atoms with E-state index in [0.29, 0.717) is 22.8 Å². The van der Waals surface area contributed by atoms with Gasteiger partial charge in [0.2, 0.25) is 0 Å². The molecule has 0 amide bonds. The molecular formula is C15H22ClNO3. The molecule has 2 N–H and O–H groups in total. The van der Waals surface area contributed by atoms with Gasteiger partial charge in [-0.05, 0) is 31.0 Å². The second-order valence-electron chi connectivity index (χ2n) is 4.90. The van der Waals surface area contributed by atoms with Crippen molar-refractivity contribution in [3.8, 4) is 0 Å². The number of rotatable bonds is 7. The number of esters is 1. The third-order valence-electron chi connectivity index (χ3n) is 3.88. The lowest BCUT2D eigenvalue weighted by molar-refractivity contribution is 0.0601. The zero-order valence-electron chi connectivity index (χ0n) is 12.2. The first-order chi connectivity index (χ1) is 9.51. The predicted molar refractivity (Wildman–Crippen MR) is 81.4 cm³/mol. The molecule has 1 rings (SSSR count). The van der Waals surface area contributed by atoms with Gasteiger partial charge in [0.1, 0.15) is 0 Å². The van der Waals surface area contributed by atoms with Crippen LogP contribution in [0.4, 0.5) is 5.69 Å². The second kappa shape index (κ2) is 7.50. The smallest absolute Gasteiger partial charge is 0.337 e. The van der Waals surface area contributed by atoms with E-state index in [1.165, 1.54) is 7.11 Å². The first-order valence-electron chi connectivity index (χ1n) is 6.74. The number of aliphatic hydroxyl groups is 1. The highest BCUT2D eigenvalue weighted by Crippen LogP contribution is 2.29. The first-order valence-corrected chi connectivity index (χ1v) is 7.12. The van der Waals surface area contributed by atoms with Gasteiger partial charge in [-0.3, -0.25) is 0 Å². The van der Waals surface area contributed by atoms with Crippen molar-refractivity contribution in [1.29, 1.82) is 0 Å². The molecule has 20 heavy (non-hydrogen) atoms. The molecule has 1 aromatic rings. The number of carbonyl (C=O) groups excluding carboxylic acids is 1. The van der Waals surface area contributed by atoms with Gasteiger partial charge < -0.3 is 15.2 Å². The van der Waals surface area contributed by atoms with Crippen molar-refractivity contribution >= 4 is 23.3 Å². The maximum Gasteiger partial charge on any atom is 0.337 e. The molecule has 4 nitrogen and oxygen atoms in total. The molecule has 0 aliphatic heterocycles. The van der Waals surface area contributed by atoms with Crippen molar-refractivity contribution in [3.05, 3.63) is 28.8 Å². The summed E-state index contributed by atoms with van der Waals surface area (Å²) in [6, 6.07) is 4.95. The lowest BCUT2D eigenvalue weighted by Gasteiger charge is -2.30. The monoisotopic (exact) mass is 299 g/mol. The van der Waals surface area contributed by atoms with Gasteiger partial charge in [-0.1, -0.05) is 25.4 Å². The van der Waals surface area contributed by atoms with E-state index in [9.17, 15) is 9.90 Å². The summed E-state index contributed by atoms with van der Waals surface area (Å²) in [4.78, 5) is 11.5. The van der Waals surface area contributed by atoms with E-state index >= 15 is 0 Å². The molecule has 0 fully saturated rings. The fourth-order valence-corrected chi connectivity index (χ4v) is 2.15. The number of benzene rings is 1. The average molecular weight is 300 g/mol. The van der Waals surface area contributed by atoms with Crippen molar-refractivity contribution in [1.82, 2.24) is 0 Å². The Labute approximate surface area is 125 Å². The standard InChI is InChI=1S/C15H22ClNO3/c1-4-15(5-2,10-18)9-17-13-8-11(14(19)20-3)6-7-12(13)16/h6-8,17-18H,4-5,9-10H2,1-3H3. The van der Waals surface area contributed by atoms with Gasteiger partial charge in [-0.2, -0.15) is 0 Å². The molecular weight excluding hydrogens is 278 g/mol. The normalized spacial score (nSPS) is 11.2. The molecule has 0 spiro atoms. The van der Waals surface area contributed by atoms with Gasteiger partial charge in [-0.25, -0.2) is 4.79 Å². The topological polar surface area (TPSA) is 58.6 Å². The van der Waals surface area contributed by atoms with Crippen LogP contribution in [0, 0.1) is 5.41 Å². The van der Waals surface area contributed by atoms with Crippen LogP contribution >= 0.6 is 11.6 Å². The van der Waals surface area contributed by atoms with E-state index in [-0.39, 0.29) is 12.0 Å². The van der Waals surface area contributed by atoms with Gasteiger partial charge in [0, 0.05) is 12.0 Å². The number of nitrogens with one attached hydrogen (secondary N) is 1. The Morgan fingerprint density at radius 1 is 1.40 bits per heavy atom. The van der Waals surface area contributed by atoms with Gasteiger partial charge >= 0.3 is 5.97 Å². The molecule has 0 aromatic heterocycles. The number of halogens is 1. The Kier molecular flexibility index (Phi) is 6.30. The van der Waals surface area contributed by atoms with Crippen LogP contribution in [0.25, 0.3) is 0 Å². The third-order valence-corrected chi connectivity index (χ3v) is 4.21. The van der Waals surface area contributed by atoms with Crippen LogP contribution in [-0.4, -0.2) is 31.3 Å². The molecule has 1 aromatic carbocycles. The van der Waals surface area contributed by atoms with Crippen LogP contribution in [0.2, 0.25) is 5.02 Å². The van der Waals surface area contributed by atoms with Crippen molar-refractivity contribution in [2.45, 2.75) is 26.7 Å². The molecule has 0 bridgehead atoms. The zero-order chi connectivity index (χ0) is 15.2. The Morgan fingerprint density at radius 2 is 2.05 bits per heavy atom. The Bertz CT molecular complexity index is 450. The van der Waals surface area contributed by atoms with Crippen molar-refractivity contribution in [2.24, 2.45) is 5.41 Å². The largest absolute Gasteiger partial charge is 0.465 e. The zero-order valence-corrected chi connectivity index (χ0v) is 13.0. The van der Waals surface area contributed by atoms with Crippen molar-refractivity contribution in [3.63, 3.8) is 0 Å². The molecule has 0 unspecified atom stereocenters. The fourth-order valence-electron chi connectivity index (χ4n) is 1.97. The van der Waals surface area contributed by atoms with E-state index < -0.39 is 5.97 Å². The number of anilines is 1. The fraction of sp³-hybridized carbons (Fsp3) is 0.533. The minimum absolute atomic E-state index is 0.112. The highest BCUT2D eigenvalue weighted by molar-refractivity contribution is 6.33. The predicted octanol–water partition coefficient (Wildman–Crippen LogP) is 3.34. The molecule has 0 atom stereocenters. The third kappa shape index (κ3) is 3.87. The van der Waals surface area contributed by atoms with E-state index in [0.717, 1.165) is 12.8 Å². The lowest BCUT2D eigenvalue weighted by Crippen LogP contribution is -2.32. The maximum absolute atomic E-state index is 11.5. The van der Waals surface area contributed by atoms with E-state index in [4.69, 9.17) is 16.3 Å². The number of hydrogen-bond donors (Lipinski definition) is 2. The Morgan fingerprint density at radius 3 is 2.55 bits per heavy atom. The molecule has 112 valence electrons. The summed E-state index contributed by atoms with van der Waals surface area (Å²) in [5, 5.41) is 13.3. The number of hydrogen-bond acceptors (Lipinski definition) is 4. The summed E-state index contributed by atoms with van der Waals surface area (Å²) < 4.78 is 4.69. The Balaban J connectivity index is 2.89. The number of carbonyl (C=O) groups is 1. The minimum Gasteiger partial charge on any atom is -0.465 e. The van der Waals surface area contributed by atoms with Gasteiger partial charge in [0.15, 0.2) is 0 Å². The molecule has 0 saturated heterocycles. The number of ether oxygens (including phenoxy) is 1. The summed E-state index contributed by atoms with van der Waals surface area (Å²) in [7, 11) is 1.34. The van der Waals surface area contributed by atoms with Crippen molar-refractivity contribution in [2.75, 3.05) is 25.6 Å². The van der Waals surface area contributed by atoms with E-state index in [2.05, 4.69) is 5.32 Å². The maximum atomic E-state index is 11.5. The summed E-state index contributed by atoms with van der Waals surface area (Å²) >= 11 is 6.13. The molecule has 0 aliphatic rings. The van der Waals surface area contributed by atoms with Gasteiger partial charge in [0.05, 0.1) is 30.0 Å². The van der Waals surface area contributed by atoms with Crippen LogP contribution in [-0.2, 0) is 4.74 Å². The molecule has 0 heterocycles. The molecule has 0 saturated carbocycles. The molecule has 5 heteroatoms. The summed E-state index contributed by atoms with van der Waals surface area (Å²) in [6.45, 7) is 4.81. The average Bonchev–Trinajstić information content (AvgIpc) is 2.50. The summed E-state index contributed by atoms with van der Waals surface area (Å²) in [6.07, 6.45) is 1.72. The van der Waals surface area contributed by atoms with E-state index in [1.54, 1.807) is 18.2 Å². The molecule has 0 aliphatic carbocycles. The summed E-state index contributed by atoms with van der Waals surface area (Å²) in [5.41, 5.74) is 0.946. The highest BCUT2D eigenvalue weighted by atomic mass is 35.5. The second-order valence-corrected chi connectivity index (χ2v) is 5.31.